The molecule has 1 saturated carbocycles. The highest BCUT2D eigenvalue weighted by Gasteiger charge is 2.46. The molecule has 0 radical (unpaired) electrons. The maximum absolute atomic E-state index is 10.0. The summed E-state index contributed by atoms with van der Waals surface area (Å²) < 4.78 is 6.29. The second-order valence-electron chi connectivity index (χ2n) is 5.78. The van der Waals surface area contributed by atoms with Gasteiger partial charge in [0, 0.05) is 12.0 Å². The molecule has 4 heteroatoms. The molecule has 19 heavy (non-hydrogen) atoms. The van der Waals surface area contributed by atoms with Crippen LogP contribution in [0.15, 0.2) is 6.07 Å². The number of phenols is 1. The van der Waals surface area contributed by atoms with Crippen LogP contribution < -0.4 is 10.2 Å². The first kappa shape index (κ1) is 12.8. The van der Waals surface area contributed by atoms with E-state index in [1.165, 1.54) is 6.42 Å². The highest BCUT2D eigenvalue weighted by atomic mass is 16.6. The average molecular weight is 263 g/mol. The van der Waals surface area contributed by atoms with E-state index in [9.17, 15) is 5.11 Å². The lowest BCUT2D eigenvalue weighted by Crippen LogP contribution is -2.49. The zero-order valence-electron chi connectivity index (χ0n) is 11.7. The van der Waals surface area contributed by atoms with Gasteiger partial charge in [0.05, 0.1) is 13.2 Å². The van der Waals surface area contributed by atoms with Crippen molar-refractivity contribution >= 4 is 0 Å². The number of hydrogen-bond donors (Lipinski definition) is 2. The molecule has 0 saturated heterocycles. The molecule has 2 aliphatic rings. The first-order valence-corrected chi connectivity index (χ1v) is 6.87. The lowest BCUT2D eigenvalue weighted by atomic mass is 9.72. The van der Waals surface area contributed by atoms with E-state index in [-0.39, 0.29) is 11.6 Å². The summed E-state index contributed by atoms with van der Waals surface area (Å²) >= 11 is 0. The van der Waals surface area contributed by atoms with Gasteiger partial charge in [0.25, 0.3) is 0 Å². The molecule has 1 spiro atoms. The van der Waals surface area contributed by atoms with Gasteiger partial charge in [-0.15, -0.1) is 0 Å². The quantitative estimate of drug-likeness (QED) is 0.806. The van der Waals surface area contributed by atoms with Crippen molar-refractivity contribution in [3.63, 3.8) is 0 Å². The summed E-state index contributed by atoms with van der Waals surface area (Å²) in [6.45, 7) is 3.94. The zero-order valence-corrected chi connectivity index (χ0v) is 11.7. The fourth-order valence-corrected chi connectivity index (χ4v) is 3.16. The molecule has 3 rings (SSSR count). The van der Waals surface area contributed by atoms with Crippen LogP contribution in [-0.2, 0) is 4.84 Å². The minimum atomic E-state index is -0.0304. The lowest BCUT2D eigenvalue weighted by molar-refractivity contribution is -0.0604. The molecule has 1 fully saturated rings. The SMILES string of the molecule is CONC1CC2(CCC2)Oc2c1cc(O)c(C)c2C. The average Bonchev–Trinajstić information content (AvgIpc) is 2.35. The van der Waals surface area contributed by atoms with Crippen molar-refractivity contribution in [2.75, 3.05) is 7.11 Å². The molecule has 1 heterocycles. The number of fused-ring (bicyclic) bond motifs is 1. The van der Waals surface area contributed by atoms with Gasteiger partial charge in [-0.25, -0.2) is 0 Å². The van der Waals surface area contributed by atoms with Gasteiger partial charge >= 0.3 is 0 Å². The van der Waals surface area contributed by atoms with E-state index in [2.05, 4.69) is 5.48 Å². The third-order valence-electron chi connectivity index (χ3n) is 4.64. The summed E-state index contributed by atoms with van der Waals surface area (Å²) in [4.78, 5) is 5.12. The molecule has 0 bridgehead atoms. The molecular weight excluding hydrogens is 242 g/mol. The van der Waals surface area contributed by atoms with E-state index in [1.54, 1.807) is 13.2 Å². The summed E-state index contributed by atoms with van der Waals surface area (Å²) in [5.74, 6) is 1.25. The molecular formula is C15H21NO3. The smallest absolute Gasteiger partial charge is 0.128 e. The monoisotopic (exact) mass is 263 g/mol. The highest BCUT2D eigenvalue weighted by Crippen LogP contribution is 2.51. The topological polar surface area (TPSA) is 50.7 Å². The van der Waals surface area contributed by atoms with Crippen LogP contribution in [-0.4, -0.2) is 17.8 Å². The predicted octanol–water partition coefficient (Wildman–Crippen LogP) is 2.91. The number of benzene rings is 1. The van der Waals surface area contributed by atoms with Gasteiger partial charge in [-0.2, -0.15) is 5.48 Å². The number of aromatic hydroxyl groups is 1. The molecule has 1 aromatic carbocycles. The Morgan fingerprint density at radius 2 is 2.11 bits per heavy atom. The van der Waals surface area contributed by atoms with Crippen molar-refractivity contribution in [2.24, 2.45) is 0 Å². The summed E-state index contributed by atoms with van der Waals surface area (Å²) in [5, 5.41) is 10.0. The molecule has 1 aromatic rings. The van der Waals surface area contributed by atoms with Crippen molar-refractivity contribution in [3.8, 4) is 11.5 Å². The molecule has 0 amide bonds. The molecule has 104 valence electrons. The van der Waals surface area contributed by atoms with Crippen molar-refractivity contribution in [1.82, 2.24) is 5.48 Å². The maximum Gasteiger partial charge on any atom is 0.128 e. The summed E-state index contributed by atoms with van der Waals surface area (Å²) in [6, 6.07) is 1.89. The number of phenolic OH excluding ortho intramolecular Hbond substituents is 1. The molecule has 0 aromatic heterocycles. The summed E-state index contributed by atoms with van der Waals surface area (Å²) in [5.41, 5.74) is 5.94. The number of rotatable bonds is 2. The van der Waals surface area contributed by atoms with Crippen molar-refractivity contribution < 1.29 is 14.7 Å². The fourth-order valence-electron chi connectivity index (χ4n) is 3.16. The number of nitrogens with one attached hydrogen (secondary N) is 1. The standard InChI is InChI=1S/C15H21NO3/c1-9-10(2)14-11(7-13(9)17)12(16-18-3)8-15(19-14)5-4-6-15/h7,12,16-17H,4-6,8H2,1-3H3. The van der Waals surface area contributed by atoms with Gasteiger partial charge in [0.2, 0.25) is 0 Å². The Balaban J connectivity index is 2.08. The molecule has 1 aliphatic heterocycles. The van der Waals surface area contributed by atoms with Gasteiger partial charge in [-0.1, -0.05) is 0 Å². The Kier molecular flexibility index (Phi) is 2.95. The Hall–Kier alpha value is -1.26. The van der Waals surface area contributed by atoms with E-state index in [4.69, 9.17) is 9.57 Å². The van der Waals surface area contributed by atoms with Crippen molar-refractivity contribution in [2.45, 2.75) is 51.2 Å². The summed E-state index contributed by atoms with van der Waals surface area (Å²) in [7, 11) is 1.63. The second-order valence-corrected chi connectivity index (χ2v) is 5.78. The number of ether oxygens (including phenoxy) is 1. The fraction of sp³-hybridized carbons (Fsp3) is 0.600. The first-order valence-electron chi connectivity index (χ1n) is 6.87. The van der Waals surface area contributed by atoms with Gasteiger partial charge in [0.1, 0.15) is 17.1 Å². The molecule has 4 nitrogen and oxygen atoms in total. The number of hydrogen-bond acceptors (Lipinski definition) is 4. The van der Waals surface area contributed by atoms with Crippen LogP contribution in [0.5, 0.6) is 11.5 Å². The molecule has 1 aliphatic carbocycles. The predicted molar refractivity (Wildman–Crippen MR) is 72.3 cm³/mol. The van der Waals surface area contributed by atoms with Crippen molar-refractivity contribution in [1.29, 1.82) is 0 Å². The van der Waals surface area contributed by atoms with E-state index in [1.807, 2.05) is 13.8 Å². The molecule has 1 unspecified atom stereocenters. The Morgan fingerprint density at radius 3 is 2.68 bits per heavy atom. The number of hydroxylamine groups is 1. The molecule has 2 N–H and O–H groups in total. The van der Waals surface area contributed by atoms with Crippen molar-refractivity contribution in [3.05, 3.63) is 22.8 Å². The minimum Gasteiger partial charge on any atom is -0.508 e. The van der Waals surface area contributed by atoms with E-state index in [0.29, 0.717) is 5.75 Å². The minimum absolute atomic E-state index is 0.0304. The van der Waals surface area contributed by atoms with Crippen LogP contribution in [0.1, 0.15) is 48.4 Å². The van der Waals surface area contributed by atoms with Gasteiger partial charge < -0.3 is 14.7 Å². The summed E-state index contributed by atoms with van der Waals surface area (Å²) in [6.07, 6.45) is 4.34. The van der Waals surface area contributed by atoms with E-state index >= 15 is 0 Å². The molecule has 1 atom stereocenters. The van der Waals surface area contributed by atoms with Crippen LogP contribution >= 0.6 is 0 Å². The Morgan fingerprint density at radius 1 is 1.37 bits per heavy atom. The Bertz CT molecular complexity index is 509. The van der Waals surface area contributed by atoms with Crippen LogP contribution in [0, 0.1) is 13.8 Å². The van der Waals surface area contributed by atoms with Crippen LogP contribution in [0.3, 0.4) is 0 Å². The first-order chi connectivity index (χ1) is 9.06. The third-order valence-corrected chi connectivity index (χ3v) is 4.64. The largest absolute Gasteiger partial charge is 0.508 e. The van der Waals surface area contributed by atoms with Crippen LogP contribution in [0.4, 0.5) is 0 Å². The zero-order chi connectivity index (χ0) is 13.6. The normalized spacial score (nSPS) is 23.6. The Labute approximate surface area is 113 Å². The second kappa shape index (κ2) is 4.39. The highest BCUT2D eigenvalue weighted by molar-refractivity contribution is 5.54. The van der Waals surface area contributed by atoms with Crippen LogP contribution in [0.25, 0.3) is 0 Å². The van der Waals surface area contributed by atoms with Crippen LogP contribution in [0.2, 0.25) is 0 Å². The van der Waals surface area contributed by atoms with Gasteiger partial charge in [-0.05, 0) is 50.3 Å². The van der Waals surface area contributed by atoms with E-state index in [0.717, 1.165) is 41.7 Å². The van der Waals surface area contributed by atoms with E-state index < -0.39 is 0 Å². The lowest BCUT2D eigenvalue weighted by Gasteiger charge is -2.48. The third kappa shape index (κ3) is 1.90. The maximum atomic E-state index is 10.0. The van der Waals surface area contributed by atoms with Gasteiger partial charge in [-0.3, -0.25) is 0 Å². The van der Waals surface area contributed by atoms with Gasteiger partial charge in [0.15, 0.2) is 0 Å².